The molecule has 0 heterocycles. The minimum atomic E-state index is -6.71. The van der Waals surface area contributed by atoms with Crippen molar-refractivity contribution in [3.8, 4) is 0 Å². The molecule has 0 aromatic heterocycles. The average molecular weight is 513 g/mol. The molecule has 0 spiro atoms. The number of hydrogen-bond acceptors (Lipinski definition) is 0. The van der Waals surface area contributed by atoms with Crippen molar-refractivity contribution < 1.29 is 70.2 Å². The van der Waals surface area contributed by atoms with Crippen LogP contribution >= 0.6 is 11.6 Å². The molecule has 1 aromatic rings. The number of rotatable bonds is 6. The van der Waals surface area contributed by atoms with Crippen LogP contribution in [-0.2, 0) is 11.8 Å². The first-order chi connectivity index (χ1) is 13.4. The summed E-state index contributed by atoms with van der Waals surface area (Å²) >= 11 is 5.01. The molecule has 0 bridgehead atoms. The molecule has 0 aliphatic rings. The lowest BCUT2D eigenvalue weighted by Gasteiger charge is -2.32. The topological polar surface area (TPSA) is 0 Å². The maximum atomic E-state index is 13.9. The fourth-order valence-corrected chi connectivity index (χ4v) is 2.30. The summed E-state index contributed by atoms with van der Waals surface area (Å²) in [6.45, 7) is 0. The van der Waals surface area contributed by atoms with Crippen molar-refractivity contribution in [2.45, 2.75) is 48.4 Å². The zero-order chi connectivity index (χ0) is 25.0. The van der Waals surface area contributed by atoms with E-state index in [1.54, 1.807) is 0 Å². The Bertz CT molecular complexity index is 730. The van der Waals surface area contributed by atoms with Crippen LogP contribution in [0.2, 0.25) is 5.02 Å². The van der Waals surface area contributed by atoms with E-state index in [2.05, 4.69) is 0 Å². The molecule has 0 aliphatic carbocycles. The third-order valence-electron chi connectivity index (χ3n) is 3.67. The largest absolute Gasteiger partial charge is 0.425 e. The van der Waals surface area contributed by atoms with Crippen LogP contribution in [0.3, 0.4) is 0 Å². The van der Waals surface area contributed by atoms with Gasteiger partial charge in [-0.3, -0.25) is 0 Å². The van der Waals surface area contributed by atoms with Gasteiger partial charge in [0.25, 0.3) is 12.3 Å². The van der Waals surface area contributed by atoms with E-state index in [-0.39, 0.29) is 0 Å². The standard InChI is InChI=1S/C14H5ClF16/c15-6-2-4(9(18,19)11(22,23)7(16)13(26,27)28)1-5(3-6)10(20,21)12(24,25)8(17)14(29,30)31/h1-3,7-8H. The van der Waals surface area contributed by atoms with Gasteiger partial charge in [0.05, 0.1) is 0 Å². The molecule has 1 aromatic carbocycles. The highest BCUT2D eigenvalue weighted by atomic mass is 35.5. The summed E-state index contributed by atoms with van der Waals surface area (Å²) in [5.41, 5.74) is -5.38. The van der Waals surface area contributed by atoms with Crippen LogP contribution in [0.5, 0.6) is 0 Å². The lowest BCUT2D eigenvalue weighted by atomic mass is 9.92. The molecule has 0 fully saturated rings. The van der Waals surface area contributed by atoms with Gasteiger partial charge in [0.15, 0.2) is 0 Å². The predicted octanol–water partition coefficient (Wildman–Crippen LogP) is 7.60. The fraction of sp³-hybridized carbons (Fsp3) is 0.571. The summed E-state index contributed by atoms with van der Waals surface area (Å²) in [6, 6.07) is -1.97. The average Bonchev–Trinajstić information content (AvgIpc) is 2.57. The number of alkyl halides is 16. The Kier molecular flexibility index (Phi) is 6.86. The molecular weight excluding hydrogens is 508 g/mol. The van der Waals surface area contributed by atoms with Gasteiger partial charge in [0.2, 0.25) is 0 Å². The molecule has 0 nitrogen and oxygen atoms in total. The van der Waals surface area contributed by atoms with E-state index in [0.717, 1.165) is 0 Å². The second-order valence-corrected chi connectivity index (χ2v) is 6.37. The van der Waals surface area contributed by atoms with Crippen molar-refractivity contribution in [3.05, 3.63) is 34.3 Å². The highest BCUT2D eigenvalue weighted by Crippen LogP contribution is 2.53. The highest BCUT2D eigenvalue weighted by Gasteiger charge is 2.72. The molecule has 0 saturated carbocycles. The zero-order valence-electron chi connectivity index (χ0n) is 13.8. The maximum Gasteiger partial charge on any atom is 0.425 e. The van der Waals surface area contributed by atoms with Crippen LogP contribution in [0.25, 0.3) is 0 Å². The van der Waals surface area contributed by atoms with Gasteiger partial charge in [0, 0.05) is 16.1 Å². The van der Waals surface area contributed by atoms with E-state index < -0.39 is 82.7 Å². The Balaban J connectivity index is 3.65. The predicted molar refractivity (Wildman–Crippen MR) is 71.0 cm³/mol. The Morgan fingerprint density at radius 3 is 1.00 bits per heavy atom. The van der Waals surface area contributed by atoms with Gasteiger partial charge in [-0.15, -0.1) is 0 Å². The van der Waals surface area contributed by atoms with Crippen LogP contribution in [-0.4, -0.2) is 36.5 Å². The molecule has 2 unspecified atom stereocenters. The van der Waals surface area contributed by atoms with E-state index in [0.29, 0.717) is 0 Å². The first kappa shape index (κ1) is 27.4. The van der Waals surface area contributed by atoms with Gasteiger partial charge in [-0.1, -0.05) is 11.6 Å². The summed E-state index contributed by atoms with van der Waals surface area (Å²) < 4.78 is 208. The fourth-order valence-electron chi connectivity index (χ4n) is 2.07. The van der Waals surface area contributed by atoms with Gasteiger partial charge in [-0.05, 0) is 18.2 Å². The second kappa shape index (κ2) is 7.76. The quantitative estimate of drug-likeness (QED) is 0.345. The summed E-state index contributed by atoms with van der Waals surface area (Å²) in [6.07, 6.45) is -24.4. The summed E-state index contributed by atoms with van der Waals surface area (Å²) in [4.78, 5) is 0. The highest BCUT2D eigenvalue weighted by molar-refractivity contribution is 6.30. The molecule has 17 heteroatoms. The van der Waals surface area contributed by atoms with E-state index in [1.807, 2.05) is 0 Å². The first-order valence-corrected chi connectivity index (χ1v) is 7.54. The van der Waals surface area contributed by atoms with Crippen molar-refractivity contribution in [2.75, 3.05) is 0 Å². The van der Waals surface area contributed by atoms with E-state index in [1.165, 1.54) is 0 Å². The third-order valence-corrected chi connectivity index (χ3v) is 3.89. The van der Waals surface area contributed by atoms with Crippen LogP contribution < -0.4 is 0 Å². The molecule has 0 amide bonds. The van der Waals surface area contributed by atoms with E-state index >= 15 is 0 Å². The molecule has 31 heavy (non-hydrogen) atoms. The molecule has 0 saturated heterocycles. The summed E-state index contributed by atoms with van der Waals surface area (Å²) in [7, 11) is 0. The molecule has 2 atom stereocenters. The maximum absolute atomic E-state index is 13.9. The third kappa shape index (κ3) is 4.77. The Morgan fingerprint density at radius 2 is 0.774 bits per heavy atom. The van der Waals surface area contributed by atoms with Crippen LogP contribution in [0, 0.1) is 0 Å². The lowest BCUT2D eigenvalue weighted by Crippen LogP contribution is -2.53. The van der Waals surface area contributed by atoms with Crippen LogP contribution in [0.15, 0.2) is 18.2 Å². The van der Waals surface area contributed by atoms with E-state index in [4.69, 9.17) is 11.6 Å². The van der Waals surface area contributed by atoms with Crippen molar-refractivity contribution in [1.29, 1.82) is 0 Å². The zero-order valence-corrected chi connectivity index (χ0v) is 14.6. The Hall–Kier alpha value is -1.61. The monoisotopic (exact) mass is 512 g/mol. The van der Waals surface area contributed by atoms with Crippen molar-refractivity contribution in [1.82, 2.24) is 0 Å². The van der Waals surface area contributed by atoms with Crippen molar-refractivity contribution in [3.63, 3.8) is 0 Å². The normalized spacial score (nSPS) is 16.9. The smallest absolute Gasteiger partial charge is 0.230 e. The van der Waals surface area contributed by atoms with Gasteiger partial charge in [0.1, 0.15) is 0 Å². The molecule has 180 valence electrons. The van der Waals surface area contributed by atoms with Gasteiger partial charge in [-0.2, -0.15) is 61.5 Å². The molecule has 0 aliphatic heterocycles. The summed E-state index contributed by atoms with van der Waals surface area (Å²) in [5, 5.41) is -1.58. The number of benzene rings is 1. The van der Waals surface area contributed by atoms with Gasteiger partial charge >= 0.3 is 36.0 Å². The van der Waals surface area contributed by atoms with Crippen LogP contribution in [0.4, 0.5) is 70.2 Å². The van der Waals surface area contributed by atoms with Gasteiger partial charge < -0.3 is 0 Å². The van der Waals surface area contributed by atoms with Gasteiger partial charge in [-0.25, -0.2) is 8.78 Å². The van der Waals surface area contributed by atoms with Crippen molar-refractivity contribution in [2.24, 2.45) is 0 Å². The van der Waals surface area contributed by atoms with E-state index in [9.17, 15) is 70.2 Å². The Morgan fingerprint density at radius 1 is 0.516 bits per heavy atom. The minimum absolute atomic E-state index is 0.451. The first-order valence-electron chi connectivity index (χ1n) is 7.16. The minimum Gasteiger partial charge on any atom is -0.230 e. The number of halogens is 17. The van der Waals surface area contributed by atoms with Crippen molar-refractivity contribution >= 4 is 11.6 Å². The molecule has 0 radical (unpaired) electrons. The second-order valence-electron chi connectivity index (χ2n) is 5.93. The molecule has 1 rings (SSSR count). The van der Waals surface area contributed by atoms with Crippen LogP contribution in [0.1, 0.15) is 11.1 Å². The SMILES string of the molecule is FC(C(F)(F)F)C(F)(F)C(F)(F)c1cc(Cl)cc(C(F)(F)C(F)(F)C(F)C(F)(F)F)c1. The lowest BCUT2D eigenvalue weighted by molar-refractivity contribution is -0.312. The number of hydrogen-bond donors (Lipinski definition) is 0. The molecular formula is C14H5ClF16. The molecule has 0 N–H and O–H groups in total. The summed E-state index contributed by atoms with van der Waals surface area (Å²) in [5.74, 6) is -26.1. The Labute approximate surface area is 165 Å².